The highest BCUT2D eigenvalue weighted by molar-refractivity contribution is 5.22. The van der Waals surface area contributed by atoms with Crippen LogP contribution < -0.4 is 0 Å². The number of hydrogen-bond donors (Lipinski definition) is 0. The summed E-state index contributed by atoms with van der Waals surface area (Å²) < 4.78 is 11.8. The Labute approximate surface area is 169 Å². The molecule has 0 aliphatic carbocycles. The summed E-state index contributed by atoms with van der Waals surface area (Å²) in [5.74, 6) is 0.806. The van der Waals surface area contributed by atoms with E-state index in [1.54, 1.807) is 0 Å². The van der Waals surface area contributed by atoms with Crippen LogP contribution >= 0.6 is 0 Å². The van der Waals surface area contributed by atoms with E-state index in [9.17, 15) is 0 Å². The molecular formula is C26H30O2. The summed E-state index contributed by atoms with van der Waals surface area (Å²) in [6.45, 7) is 7.14. The van der Waals surface area contributed by atoms with Gasteiger partial charge < -0.3 is 9.47 Å². The molecule has 0 fully saturated rings. The summed E-state index contributed by atoms with van der Waals surface area (Å²) in [5.41, 5.74) is 5.03. The van der Waals surface area contributed by atoms with Gasteiger partial charge in [-0.25, -0.2) is 0 Å². The van der Waals surface area contributed by atoms with E-state index in [2.05, 4.69) is 86.6 Å². The maximum absolute atomic E-state index is 5.91. The molecule has 1 unspecified atom stereocenters. The van der Waals surface area contributed by atoms with E-state index in [1.165, 1.54) is 22.3 Å². The maximum atomic E-state index is 5.91. The second kappa shape index (κ2) is 10.8. The number of rotatable bonds is 10. The fourth-order valence-corrected chi connectivity index (χ4v) is 3.19. The van der Waals surface area contributed by atoms with Crippen LogP contribution in [0, 0.1) is 0 Å². The zero-order valence-electron chi connectivity index (χ0n) is 16.9. The van der Waals surface area contributed by atoms with Crippen molar-refractivity contribution in [2.75, 3.05) is 13.2 Å². The quantitative estimate of drug-likeness (QED) is 0.413. The Hall–Kier alpha value is -2.42. The molecule has 0 amide bonds. The average Bonchev–Trinajstić information content (AvgIpc) is 2.76. The lowest BCUT2D eigenvalue weighted by Gasteiger charge is -2.13. The molecule has 3 rings (SSSR count). The van der Waals surface area contributed by atoms with E-state index >= 15 is 0 Å². The zero-order chi connectivity index (χ0) is 19.6. The summed E-state index contributed by atoms with van der Waals surface area (Å²) >= 11 is 0. The third-order valence-corrected chi connectivity index (χ3v) is 5.03. The molecule has 3 aromatic carbocycles. The van der Waals surface area contributed by atoms with E-state index in [0.717, 1.165) is 13.2 Å². The van der Waals surface area contributed by atoms with Crippen molar-refractivity contribution >= 4 is 0 Å². The Bertz CT molecular complexity index is 726. The summed E-state index contributed by atoms with van der Waals surface area (Å²) in [5, 5.41) is 0. The highest BCUT2D eigenvalue weighted by Gasteiger charge is 2.06. The predicted molar refractivity (Wildman–Crippen MR) is 115 cm³/mol. The molecular weight excluding hydrogens is 344 g/mol. The van der Waals surface area contributed by atoms with Crippen molar-refractivity contribution < 1.29 is 9.47 Å². The summed E-state index contributed by atoms with van der Waals surface area (Å²) in [6, 6.07) is 29.5. The third kappa shape index (κ3) is 6.33. The van der Waals surface area contributed by atoms with E-state index in [4.69, 9.17) is 9.47 Å². The molecule has 146 valence electrons. The van der Waals surface area contributed by atoms with Crippen LogP contribution in [0.5, 0.6) is 0 Å². The van der Waals surface area contributed by atoms with Gasteiger partial charge in [0.25, 0.3) is 0 Å². The van der Waals surface area contributed by atoms with Crippen molar-refractivity contribution in [3.63, 3.8) is 0 Å². The van der Waals surface area contributed by atoms with Crippen LogP contribution in [-0.4, -0.2) is 13.2 Å². The van der Waals surface area contributed by atoms with Crippen LogP contribution in [0.3, 0.4) is 0 Å². The molecule has 0 saturated carbocycles. The standard InChI is InChI=1S/C26H30O2/c1-21(25-9-5-3-6-10-25)17-27-19-23-13-15-24(16-14-23)20-28-18-22(2)26-11-7-4-8-12-26/h3-16,21-22H,17-20H2,1-2H3/t21-,22?/m1/s1. The largest absolute Gasteiger partial charge is 0.376 e. The molecule has 2 nitrogen and oxygen atoms in total. The first-order valence-electron chi connectivity index (χ1n) is 10.1. The van der Waals surface area contributed by atoms with Crippen molar-refractivity contribution in [3.05, 3.63) is 107 Å². The van der Waals surface area contributed by atoms with Crippen LogP contribution in [0.4, 0.5) is 0 Å². The Kier molecular flexibility index (Phi) is 7.83. The first-order chi connectivity index (χ1) is 13.7. The molecule has 2 heteroatoms. The lowest BCUT2D eigenvalue weighted by molar-refractivity contribution is 0.108. The minimum Gasteiger partial charge on any atom is -0.376 e. The van der Waals surface area contributed by atoms with Gasteiger partial charge in [0, 0.05) is 11.8 Å². The molecule has 0 saturated heterocycles. The van der Waals surface area contributed by atoms with Gasteiger partial charge in [-0.2, -0.15) is 0 Å². The highest BCUT2D eigenvalue weighted by atomic mass is 16.5. The highest BCUT2D eigenvalue weighted by Crippen LogP contribution is 2.17. The fourth-order valence-electron chi connectivity index (χ4n) is 3.19. The molecule has 0 N–H and O–H groups in total. The van der Waals surface area contributed by atoms with E-state index in [1.807, 2.05) is 12.1 Å². The Morgan fingerprint density at radius 3 is 1.25 bits per heavy atom. The monoisotopic (exact) mass is 374 g/mol. The molecule has 0 aliphatic heterocycles. The van der Waals surface area contributed by atoms with Gasteiger partial charge in [0.15, 0.2) is 0 Å². The van der Waals surface area contributed by atoms with Crippen LogP contribution in [0.2, 0.25) is 0 Å². The summed E-state index contributed by atoms with van der Waals surface area (Å²) in [7, 11) is 0. The van der Waals surface area contributed by atoms with Gasteiger partial charge in [0.2, 0.25) is 0 Å². The Balaban J connectivity index is 1.37. The van der Waals surface area contributed by atoms with Crippen molar-refractivity contribution in [1.82, 2.24) is 0 Å². The second-order valence-electron chi connectivity index (χ2n) is 7.47. The zero-order valence-corrected chi connectivity index (χ0v) is 16.9. The molecule has 0 aliphatic rings. The van der Waals surface area contributed by atoms with Crippen LogP contribution in [0.15, 0.2) is 84.9 Å². The van der Waals surface area contributed by atoms with E-state index in [-0.39, 0.29) is 0 Å². The van der Waals surface area contributed by atoms with E-state index in [0.29, 0.717) is 25.0 Å². The summed E-state index contributed by atoms with van der Waals surface area (Å²) in [6.07, 6.45) is 0. The lowest BCUT2D eigenvalue weighted by atomic mass is 10.0. The van der Waals surface area contributed by atoms with Gasteiger partial charge in [0.05, 0.1) is 26.4 Å². The Morgan fingerprint density at radius 1 is 0.536 bits per heavy atom. The minimum absolute atomic E-state index is 0.403. The molecule has 0 bridgehead atoms. The van der Waals surface area contributed by atoms with Crippen molar-refractivity contribution in [1.29, 1.82) is 0 Å². The fraction of sp³-hybridized carbons (Fsp3) is 0.308. The molecule has 0 spiro atoms. The molecule has 28 heavy (non-hydrogen) atoms. The van der Waals surface area contributed by atoms with Crippen molar-refractivity contribution in [2.24, 2.45) is 0 Å². The smallest absolute Gasteiger partial charge is 0.0717 e. The first kappa shape index (κ1) is 20.3. The summed E-state index contributed by atoms with van der Waals surface area (Å²) in [4.78, 5) is 0. The predicted octanol–water partition coefficient (Wildman–Crippen LogP) is 6.33. The average molecular weight is 375 g/mol. The first-order valence-corrected chi connectivity index (χ1v) is 10.1. The van der Waals surface area contributed by atoms with Crippen molar-refractivity contribution in [2.45, 2.75) is 38.9 Å². The molecule has 0 radical (unpaired) electrons. The van der Waals surface area contributed by atoms with Crippen molar-refractivity contribution in [3.8, 4) is 0 Å². The second-order valence-corrected chi connectivity index (χ2v) is 7.47. The van der Waals surface area contributed by atoms with Gasteiger partial charge >= 0.3 is 0 Å². The van der Waals surface area contributed by atoms with Gasteiger partial charge in [-0.15, -0.1) is 0 Å². The lowest BCUT2D eigenvalue weighted by Crippen LogP contribution is -2.05. The SMILES string of the molecule is CC(COCc1ccc(COC[C@@H](C)c2ccccc2)cc1)c1ccccc1. The number of hydrogen-bond acceptors (Lipinski definition) is 2. The third-order valence-electron chi connectivity index (χ3n) is 5.03. The van der Waals surface area contributed by atoms with Gasteiger partial charge in [-0.3, -0.25) is 0 Å². The van der Waals surface area contributed by atoms with Crippen LogP contribution in [0.1, 0.15) is 47.9 Å². The van der Waals surface area contributed by atoms with Crippen LogP contribution in [-0.2, 0) is 22.7 Å². The maximum Gasteiger partial charge on any atom is 0.0717 e. The molecule has 0 aromatic heterocycles. The Morgan fingerprint density at radius 2 is 0.893 bits per heavy atom. The number of benzene rings is 3. The molecule has 2 atom stereocenters. The molecule has 0 heterocycles. The van der Waals surface area contributed by atoms with Gasteiger partial charge in [-0.05, 0) is 22.3 Å². The van der Waals surface area contributed by atoms with E-state index < -0.39 is 0 Å². The van der Waals surface area contributed by atoms with Gasteiger partial charge in [0.1, 0.15) is 0 Å². The van der Waals surface area contributed by atoms with Gasteiger partial charge in [-0.1, -0.05) is 98.8 Å². The molecule has 3 aromatic rings. The topological polar surface area (TPSA) is 18.5 Å². The number of ether oxygens (including phenoxy) is 2. The minimum atomic E-state index is 0.403. The normalized spacial score (nSPS) is 13.2. The van der Waals surface area contributed by atoms with Crippen LogP contribution in [0.25, 0.3) is 0 Å².